The fraction of sp³-hybridized carbons (Fsp3) is 0.190. The van der Waals surface area contributed by atoms with Crippen molar-refractivity contribution in [1.82, 2.24) is 14.8 Å². The van der Waals surface area contributed by atoms with Crippen LogP contribution in [-0.2, 0) is 4.74 Å². The number of nitrogens with zero attached hydrogens (tertiary/aromatic N) is 3. The Morgan fingerprint density at radius 2 is 1.97 bits per heavy atom. The van der Waals surface area contributed by atoms with Crippen molar-refractivity contribution in [2.45, 2.75) is 6.04 Å². The first-order valence-corrected chi connectivity index (χ1v) is 9.85. The van der Waals surface area contributed by atoms with Crippen LogP contribution in [0, 0.1) is 0 Å². The van der Waals surface area contributed by atoms with Gasteiger partial charge in [-0.3, -0.25) is 0 Å². The minimum absolute atomic E-state index is 0.0317. The molecule has 1 aliphatic rings. The molecule has 2 heterocycles. The first-order chi connectivity index (χ1) is 14.5. The SMILES string of the molecule is COC(=O)c1nc2n(n1)[C@@H](c1cc(OC)ccc1OC)C=C(c1cccc(Br)c1)N2. The first-order valence-electron chi connectivity index (χ1n) is 9.05. The molecule has 0 saturated heterocycles. The van der Waals surface area contributed by atoms with Crippen LogP contribution in [0.15, 0.2) is 53.0 Å². The minimum Gasteiger partial charge on any atom is -0.497 e. The fourth-order valence-corrected chi connectivity index (χ4v) is 3.69. The fourth-order valence-electron chi connectivity index (χ4n) is 3.29. The van der Waals surface area contributed by atoms with Crippen LogP contribution < -0.4 is 14.8 Å². The molecule has 1 N–H and O–H groups in total. The summed E-state index contributed by atoms with van der Waals surface area (Å²) >= 11 is 3.51. The second kappa shape index (κ2) is 8.19. The summed E-state index contributed by atoms with van der Waals surface area (Å²) in [5.74, 6) is 1.11. The number of carbonyl (C=O) groups is 1. The summed E-state index contributed by atoms with van der Waals surface area (Å²) in [4.78, 5) is 16.4. The van der Waals surface area contributed by atoms with E-state index in [-0.39, 0.29) is 5.82 Å². The Labute approximate surface area is 181 Å². The third kappa shape index (κ3) is 3.63. The summed E-state index contributed by atoms with van der Waals surface area (Å²) in [5, 5.41) is 7.63. The number of carbonyl (C=O) groups excluding carboxylic acids is 1. The molecule has 3 aromatic rings. The summed E-state index contributed by atoms with van der Waals surface area (Å²) in [5.41, 5.74) is 2.58. The third-order valence-electron chi connectivity index (χ3n) is 4.72. The number of aromatic nitrogens is 3. The van der Waals surface area contributed by atoms with Crippen molar-refractivity contribution >= 4 is 33.5 Å². The van der Waals surface area contributed by atoms with E-state index in [4.69, 9.17) is 14.2 Å². The van der Waals surface area contributed by atoms with Crippen LogP contribution in [0.25, 0.3) is 5.70 Å². The molecule has 2 aromatic carbocycles. The Morgan fingerprint density at radius 1 is 1.13 bits per heavy atom. The average Bonchev–Trinajstić information content (AvgIpc) is 3.21. The number of esters is 1. The van der Waals surface area contributed by atoms with Crippen molar-refractivity contribution in [3.8, 4) is 11.5 Å². The lowest BCUT2D eigenvalue weighted by atomic mass is 10.0. The molecular weight excluding hydrogens is 452 g/mol. The van der Waals surface area contributed by atoms with Crippen LogP contribution in [0.1, 0.15) is 27.8 Å². The van der Waals surface area contributed by atoms with Gasteiger partial charge < -0.3 is 19.5 Å². The van der Waals surface area contributed by atoms with E-state index in [0.29, 0.717) is 17.4 Å². The Hall–Kier alpha value is -3.33. The van der Waals surface area contributed by atoms with E-state index in [0.717, 1.165) is 21.3 Å². The zero-order chi connectivity index (χ0) is 21.3. The van der Waals surface area contributed by atoms with Gasteiger partial charge in [-0.2, -0.15) is 4.98 Å². The summed E-state index contributed by atoms with van der Waals surface area (Å²) in [7, 11) is 4.50. The van der Waals surface area contributed by atoms with Crippen LogP contribution in [0.5, 0.6) is 11.5 Å². The quantitative estimate of drug-likeness (QED) is 0.565. The van der Waals surface area contributed by atoms with E-state index in [9.17, 15) is 4.79 Å². The standard InChI is InChI=1S/C21H19BrN4O4/c1-28-14-7-8-18(29-2)15(10-14)17-11-16(12-5-4-6-13(22)9-12)23-21-24-19(20(27)30-3)25-26(17)21/h4-11,17H,1-3H3,(H,23,24,25)/t17-/m1/s1. The van der Waals surface area contributed by atoms with E-state index >= 15 is 0 Å². The predicted octanol–water partition coefficient (Wildman–Crippen LogP) is 3.90. The van der Waals surface area contributed by atoms with Crippen LogP contribution in [0.4, 0.5) is 5.95 Å². The summed E-state index contributed by atoms with van der Waals surface area (Å²) < 4.78 is 18.4. The molecule has 1 aliphatic heterocycles. The third-order valence-corrected chi connectivity index (χ3v) is 5.22. The molecule has 0 spiro atoms. The number of benzene rings is 2. The molecule has 0 radical (unpaired) electrons. The molecule has 0 aliphatic carbocycles. The number of ether oxygens (including phenoxy) is 3. The van der Waals surface area contributed by atoms with Crippen LogP contribution >= 0.6 is 15.9 Å². The van der Waals surface area contributed by atoms with E-state index in [1.165, 1.54) is 7.11 Å². The minimum atomic E-state index is -0.612. The van der Waals surface area contributed by atoms with Crippen molar-refractivity contribution in [2.24, 2.45) is 0 Å². The highest BCUT2D eigenvalue weighted by molar-refractivity contribution is 9.10. The number of anilines is 1. The second-order valence-electron chi connectivity index (χ2n) is 6.46. The number of fused-ring (bicyclic) bond motifs is 1. The molecule has 9 heteroatoms. The number of hydrogen-bond donors (Lipinski definition) is 1. The van der Waals surface area contributed by atoms with Gasteiger partial charge in [0.05, 0.1) is 21.3 Å². The topological polar surface area (TPSA) is 87.5 Å². The Kier molecular flexibility index (Phi) is 5.45. The predicted molar refractivity (Wildman–Crippen MR) is 115 cm³/mol. The molecule has 0 amide bonds. The van der Waals surface area contributed by atoms with Crippen LogP contribution in [0.3, 0.4) is 0 Å². The first kappa shape index (κ1) is 20.0. The van der Waals surface area contributed by atoms with E-state index < -0.39 is 12.0 Å². The molecule has 8 nitrogen and oxygen atoms in total. The maximum absolute atomic E-state index is 12.0. The van der Waals surface area contributed by atoms with Crippen molar-refractivity contribution in [3.05, 3.63) is 70.0 Å². The van der Waals surface area contributed by atoms with Crippen molar-refractivity contribution in [3.63, 3.8) is 0 Å². The van der Waals surface area contributed by atoms with Gasteiger partial charge in [0.1, 0.15) is 17.5 Å². The summed E-state index contributed by atoms with van der Waals surface area (Å²) in [6.45, 7) is 0. The van der Waals surface area contributed by atoms with Gasteiger partial charge in [0, 0.05) is 15.7 Å². The second-order valence-corrected chi connectivity index (χ2v) is 7.38. The lowest BCUT2D eigenvalue weighted by Crippen LogP contribution is -2.21. The number of methoxy groups -OCH3 is 3. The summed E-state index contributed by atoms with van der Waals surface area (Å²) in [6, 6.07) is 13.0. The lowest BCUT2D eigenvalue weighted by Gasteiger charge is -2.25. The summed E-state index contributed by atoms with van der Waals surface area (Å²) in [6.07, 6.45) is 2.00. The molecule has 1 aromatic heterocycles. The highest BCUT2D eigenvalue weighted by atomic mass is 79.9. The number of halogens is 1. The largest absolute Gasteiger partial charge is 0.497 e. The smallest absolute Gasteiger partial charge is 0.378 e. The highest BCUT2D eigenvalue weighted by Crippen LogP contribution is 2.38. The molecule has 4 rings (SSSR count). The zero-order valence-electron chi connectivity index (χ0n) is 16.5. The number of nitrogens with one attached hydrogen (secondary N) is 1. The van der Waals surface area contributed by atoms with Gasteiger partial charge in [0.25, 0.3) is 5.82 Å². The van der Waals surface area contributed by atoms with Gasteiger partial charge in [0.2, 0.25) is 5.95 Å². The molecular formula is C21H19BrN4O4. The molecule has 0 unspecified atom stereocenters. The molecule has 30 heavy (non-hydrogen) atoms. The van der Waals surface area contributed by atoms with Crippen molar-refractivity contribution in [1.29, 1.82) is 0 Å². The van der Waals surface area contributed by atoms with E-state index in [2.05, 4.69) is 31.3 Å². The van der Waals surface area contributed by atoms with Crippen LogP contribution in [0.2, 0.25) is 0 Å². The Morgan fingerprint density at radius 3 is 2.67 bits per heavy atom. The Balaban J connectivity index is 1.90. The monoisotopic (exact) mass is 470 g/mol. The van der Waals surface area contributed by atoms with E-state index in [1.807, 2.05) is 48.5 Å². The number of hydrogen-bond acceptors (Lipinski definition) is 7. The van der Waals surface area contributed by atoms with Gasteiger partial charge in [-0.05, 0) is 42.0 Å². The maximum atomic E-state index is 12.0. The normalized spacial score (nSPS) is 14.9. The van der Waals surface area contributed by atoms with Gasteiger partial charge in [-0.1, -0.05) is 28.1 Å². The number of allylic oxidation sites excluding steroid dienone is 1. The van der Waals surface area contributed by atoms with Gasteiger partial charge >= 0.3 is 5.97 Å². The van der Waals surface area contributed by atoms with Crippen LogP contribution in [-0.4, -0.2) is 42.1 Å². The van der Waals surface area contributed by atoms with Gasteiger partial charge in [-0.25, -0.2) is 9.48 Å². The Bertz CT molecular complexity index is 1140. The molecule has 0 saturated carbocycles. The molecule has 0 bridgehead atoms. The molecule has 154 valence electrons. The molecule has 1 atom stereocenters. The van der Waals surface area contributed by atoms with Crippen molar-refractivity contribution < 1.29 is 19.0 Å². The average molecular weight is 471 g/mol. The number of rotatable bonds is 5. The maximum Gasteiger partial charge on any atom is 0.378 e. The van der Waals surface area contributed by atoms with E-state index in [1.54, 1.807) is 18.9 Å². The van der Waals surface area contributed by atoms with Crippen molar-refractivity contribution in [2.75, 3.05) is 26.6 Å². The highest BCUT2D eigenvalue weighted by Gasteiger charge is 2.29. The van der Waals surface area contributed by atoms with Gasteiger partial charge in [-0.15, -0.1) is 5.10 Å². The van der Waals surface area contributed by atoms with Gasteiger partial charge in [0.15, 0.2) is 0 Å². The zero-order valence-corrected chi connectivity index (χ0v) is 18.1. The molecule has 0 fully saturated rings. The lowest BCUT2D eigenvalue weighted by molar-refractivity contribution is 0.0586.